The first kappa shape index (κ1) is 13.7. The molecule has 1 rings (SSSR count). The summed E-state index contributed by atoms with van der Waals surface area (Å²) in [4.78, 5) is 0. The van der Waals surface area contributed by atoms with Gasteiger partial charge in [-0.1, -0.05) is 26.4 Å². The molecule has 0 aliphatic carbocycles. The molecule has 0 heterocycles. The second-order valence-electron chi connectivity index (χ2n) is 4.60. The van der Waals surface area contributed by atoms with Crippen LogP contribution in [0.15, 0.2) is 27.1 Å². The molecule has 0 aromatic heterocycles. The van der Waals surface area contributed by atoms with Crippen molar-refractivity contribution in [3.8, 4) is 0 Å². The van der Waals surface area contributed by atoms with Crippen LogP contribution in [-0.2, 0) is 11.4 Å². The summed E-state index contributed by atoms with van der Waals surface area (Å²) in [6.45, 7) is 7.75. The van der Waals surface area contributed by atoms with Crippen LogP contribution in [0.3, 0.4) is 0 Å². The molecule has 0 aliphatic heterocycles. The van der Waals surface area contributed by atoms with Crippen molar-refractivity contribution in [1.29, 1.82) is 0 Å². The van der Waals surface area contributed by atoms with Gasteiger partial charge >= 0.3 is 0 Å². The molecule has 0 saturated carbocycles. The number of halogens is 1. The van der Waals surface area contributed by atoms with Gasteiger partial charge in [-0.05, 0) is 51.0 Å². The lowest BCUT2D eigenvalue weighted by molar-refractivity contribution is 0.562. The van der Waals surface area contributed by atoms with Gasteiger partial charge in [0.25, 0.3) is 0 Å². The monoisotopic (exact) mass is 301 g/mol. The highest BCUT2D eigenvalue weighted by Gasteiger charge is 2.25. The third-order valence-electron chi connectivity index (χ3n) is 2.00. The number of nitrogens with zero attached hydrogens (tertiary/aromatic N) is 1. The van der Waals surface area contributed by atoms with E-state index in [2.05, 4.69) is 20.3 Å². The minimum Gasteiger partial charge on any atom is -0.591 e. The molecule has 1 atom stereocenters. The van der Waals surface area contributed by atoms with Crippen molar-refractivity contribution in [2.45, 2.75) is 32.4 Å². The topological polar surface area (TPSA) is 35.4 Å². The largest absolute Gasteiger partial charge is 0.591 e. The SMILES string of the molecule is Cc1cc(C=N[S+]([O-])C(C)(C)C)ccc1Br. The fourth-order valence-electron chi connectivity index (χ4n) is 1.02. The van der Waals surface area contributed by atoms with Gasteiger partial charge in [-0.15, -0.1) is 0 Å². The molecule has 0 saturated heterocycles. The van der Waals surface area contributed by atoms with Crippen LogP contribution in [0.1, 0.15) is 31.9 Å². The summed E-state index contributed by atoms with van der Waals surface area (Å²) in [7, 11) is 0. The Morgan fingerprint density at radius 3 is 2.50 bits per heavy atom. The molecule has 16 heavy (non-hydrogen) atoms. The molecule has 4 heteroatoms. The van der Waals surface area contributed by atoms with Crippen molar-refractivity contribution in [3.05, 3.63) is 33.8 Å². The quantitative estimate of drug-likeness (QED) is 0.607. The van der Waals surface area contributed by atoms with Gasteiger partial charge in [-0.2, -0.15) is 0 Å². The van der Waals surface area contributed by atoms with E-state index in [9.17, 15) is 4.55 Å². The second-order valence-corrected chi connectivity index (χ2v) is 7.39. The summed E-state index contributed by atoms with van der Waals surface area (Å²) in [5.74, 6) is 0. The van der Waals surface area contributed by atoms with Crippen molar-refractivity contribution < 1.29 is 4.55 Å². The predicted octanol–water partition coefficient (Wildman–Crippen LogP) is 3.64. The molecule has 0 radical (unpaired) electrons. The molecule has 1 aromatic rings. The van der Waals surface area contributed by atoms with Crippen LogP contribution in [0.25, 0.3) is 0 Å². The summed E-state index contributed by atoms with van der Waals surface area (Å²) in [5.41, 5.74) is 2.11. The number of rotatable bonds is 2. The third kappa shape index (κ3) is 3.92. The van der Waals surface area contributed by atoms with E-state index in [-0.39, 0.29) is 4.75 Å². The average molecular weight is 302 g/mol. The highest BCUT2D eigenvalue weighted by Crippen LogP contribution is 2.18. The van der Waals surface area contributed by atoms with Crippen molar-refractivity contribution in [2.75, 3.05) is 0 Å². The first-order valence-electron chi connectivity index (χ1n) is 5.03. The molecule has 2 nitrogen and oxygen atoms in total. The third-order valence-corrected chi connectivity index (χ3v) is 4.24. The van der Waals surface area contributed by atoms with Gasteiger partial charge in [-0.25, -0.2) is 0 Å². The molecule has 0 fully saturated rings. The molecular formula is C12H16BrNOS. The summed E-state index contributed by atoms with van der Waals surface area (Å²) in [6, 6.07) is 5.92. The fraction of sp³-hybridized carbons (Fsp3) is 0.417. The van der Waals surface area contributed by atoms with E-state index in [4.69, 9.17) is 0 Å². The summed E-state index contributed by atoms with van der Waals surface area (Å²) in [5, 5.41) is 0. The van der Waals surface area contributed by atoms with Crippen LogP contribution in [0.5, 0.6) is 0 Å². The molecule has 0 aliphatic rings. The van der Waals surface area contributed by atoms with E-state index in [0.717, 1.165) is 15.6 Å². The number of hydrogen-bond acceptors (Lipinski definition) is 2. The van der Waals surface area contributed by atoms with Gasteiger partial charge in [0.05, 0.1) is 6.21 Å². The highest BCUT2D eigenvalue weighted by molar-refractivity contribution is 9.10. The normalized spacial score (nSPS) is 14.4. The predicted molar refractivity (Wildman–Crippen MR) is 74.4 cm³/mol. The minimum absolute atomic E-state index is 0.305. The zero-order valence-electron chi connectivity index (χ0n) is 9.95. The maximum atomic E-state index is 11.7. The Morgan fingerprint density at radius 2 is 2.00 bits per heavy atom. The van der Waals surface area contributed by atoms with Crippen molar-refractivity contribution in [3.63, 3.8) is 0 Å². The molecule has 0 N–H and O–H groups in total. The molecule has 0 spiro atoms. The van der Waals surface area contributed by atoms with Gasteiger partial charge in [0.15, 0.2) is 0 Å². The number of hydrogen-bond donors (Lipinski definition) is 0. The van der Waals surface area contributed by atoms with Crippen LogP contribution in [-0.4, -0.2) is 15.5 Å². The van der Waals surface area contributed by atoms with E-state index in [1.807, 2.05) is 45.9 Å². The van der Waals surface area contributed by atoms with Crippen molar-refractivity contribution in [1.82, 2.24) is 0 Å². The molecular weight excluding hydrogens is 286 g/mol. The number of benzene rings is 1. The summed E-state index contributed by atoms with van der Waals surface area (Å²) < 4.78 is 16.5. The standard InChI is InChI=1S/C12H16BrNOS/c1-9-7-10(5-6-11(9)13)8-14-16(15)12(2,3)4/h5-8H,1-4H3. The fourth-order valence-corrected chi connectivity index (χ4v) is 1.80. The Bertz CT molecular complexity index is 398. The maximum absolute atomic E-state index is 11.7. The lowest BCUT2D eigenvalue weighted by atomic mass is 10.2. The van der Waals surface area contributed by atoms with Gasteiger partial charge in [-0.3, -0.25) is 0 Å². The van der Waals surface area contributed by atoms with Crippen LogP contribution in [0.4, 0.5) is 0 Å². The van der Waals surface area contributed by atoms with Gasteiger partial charge in [0.1, 0.15) is 16.1 Å². The molecule has 0 bridgehead atoms. The second kappa shape index (κ2) is 5.34. The number of aryl methyl sites for hydroxylation is 1. The first-order valence-corrected chi connectivity index (χ1v) is 6.93. The van der Waals surface area contributed by atoms with E-state index in [1.165, 1.54) is 0 Å². The van der Waals surface area contributed by atoms with Crippen LogP contribution in [0.2, 0.25) is 0 Å². The Balaban J connectivity index is 2.81. The molecule has 1 unspecified atom stereocenters. The smallest absolute Gasteiger partial charge is 0.144 e. The lowest BCUT2D eigenvalue weighted by Gasteiger charge is -2.17. The van der Waals surface area contributed by atoms with E-state index < -0.39 is 11.4 Å². The van der Waals surface area contributed by atoms with Crippen LogP contribution < -0.4 is 0 Å². The van der Waals surface area contributed by atoms with Gasteiger partial charge in [0, 0.05) is 4.47 Å². The zero-order valence-corrected chi connectivity index (χ0v) is 12.4. The van der Waals surface area contributed by atoms with Crippen LogP contribution >= 0.6 is 15.9 Å². The minimum atomic E-state index is -1.19. The summed E-state index contributed by atoms with van der Waals surface area (Å²) in [6.07, 6.45) is 1.67. The van der Waals surface area contributed by atoms with Crippen molar-refractivity contribution >= 4 is 33.5 Å². The Morgan fingerprint density at radius 1 is 1.38 bits per heavy atom. The molecule has 88 valence electrons. The zero-order chi connectivity index (χ0) is 12.3. The van der Waals surface area contributed by atoms with Gasteiger partial charge in [0.2, 0.25) is 0 Å². The summed E-state index contributed by atoms with van der Waals surface area (Å²) >= 11 is 2.24. The molecule has 0 amide bonds. The van der Waals surface area contributed by atoms with E-state index in [1.54, 1.807) is 6.21 Å². The van der Waals surface area contributed by atoms with E-state index >= 15 is 0 Å². The molecule has 1 aromatic carbocycles. The first-order chi connectivity index (χ1) is 7.30. The highest BCUT2D eigenvalue weighted by atomic mass is 79.9. The Hall–Kier alpha value is -0.320. The Labute approximate surface area is 109 Å². The lowest BCUT2D eigenvalue weighted by Crippen LogP contribution is -2.25. The van der Waals surface area contributed by atoms with Crippen LogP contribution in [0, 0.1) is 6.92 Å². The Kier molecular flexibility index (Phi) is 4.59. The maximum Gasteiger partial charge on any atom is 0.144 e. The average Bonchev–Trinajstić information content (AvgIpc) is 2.18. The van der Waals surface area contributed by atoms with E-state index in [0.29, 0.717) is 0 Å². The van der Waals surface area contributed by atoms with Gasteiger partial charge < -0.3 is 4.55 Å². The van der Waals surface area contributed by atoms with Crippen molar-refractivity contribution in [2.24, 2.45) is 4.40 Å².